The Morgan fingerprint density at radius 1 is 1.36 bits per heavy atom. The van der Waals surface area contributed by atoms with Crippen molar-refractivity contribution in [2.45, 2.75) is 12.3 Å². The van der Waals surface area contributed by atoms with Gasteiger partial charge in [-0.1, -0.05) is 6.07 Å². The summed E-state index contributed by atoms with van der Waals surface area (Å²) in [6.07, 6.45) is 1.09. The van der Waals surface area contributed by atoms with Gasteiger partial charge in [0, 0.05) is 24.5 Å². The molecule has 9 heteroatoms. The molecular weight excluding hydrogens is 332 g/mol. The second-order valence-corrected chi connectivity index (χ2v) is 5.98. The van der Waals surface area contributed by atoms with Gasteiger partial charge in [0.1, 0.15) is 22.6 Å². The van der Waals surface area contributed by atoms with Crippen molar-refractivity contribution in [3.63, 3.8) is 0 Å². The van der Waals surface area contributed by atoms with Gasteiger partial charge < -0.3 is 15.4 Å². The van der Waals surface area contributed by atoms with E-state index in [2.05, 4.69) is 9.97 Å². The van der Waals surface area contributed by atoms with Gasteiger partial charge in [-0.05, 0) is 12.1 Å². The number of nitrogen functional groups attached to an aromatic ring is 1. The molecule has 0 aliphatic carbocycles. The van der Waals surface area contributed by atoms with Crippen molar-refractivity contribution >= 4 is 28.4 Å². The number of hydrogen-bond acceptors (Lipinski definition) is 5. The van der Waals surface area contributed by atoms with Crippen LogP contribution < -0.4 is 10.5 Å². The number of carbonyl (C=O) groups is 1. The Balaban J connectivity index is 1.84. The highest BCUT2D eigenvalue weighted by atomic mass is 19.3. The lowest BCUT2D eigenvalue weighted by molar-refractivity contribution is 0.0119. The van der Waals surface area contributed by atoms with E-state index in [1.807, 2.05) is 0 Å². The molecule has 0 saturated carbocycles. The summed E-state index contributed by atoms with van der Waals surface area (Å²) in [5, 5.41) is 0.652. The second-order valence-electron chi connectivity index (χ2n) is 5.98. The third-order valence-corrected chi connectivity index (χ3v) is 4.31. The fourth-order valence-electron chi connectivity index (χ4n) is 3.07. The molecule has 130 valence electrons. The van der Waals surface area contributed by atoms with Crippen molar-refractivity contribution in [2.24, 2.45) is 0 Å². The number of nitrogens with two attached hydrogens (primary N) is 1. The van der Waals surface area contributed by atoms with Gasteiger partial charge in [0.15, 0.2) is 0 Å². The van der Waals surface area contributed by atoms with Crippen LogP contribution in [0.3, 0.4) is 0 Å². The van der Waals surface area contributed by atoms with Crippen molar-refractivity contribution in [1.29, 1.82) is 0 Å². The molecule has 3 aromatic rings. The van der Waals surface area contributed by atoms with Crippen LogP contribution in [0.5, 0.6) is 5.75 Å². The maximum Gasteiger partial charge on any atom is 0.274 e. The Morgan fingerprint density at radius 2 is 2.16 bits per heavy atom. The van der Waals surface area contributed by atoms with E-state index < -0.39 is 18.4 Å². The van der Waals surface area contributed by atoms with Crippen molar-refractivity contribution < 1.29 is 18.3 Å². The topological polar surface area (TPSA) is 85.8 Å². The van der Waals surface area contributed by atoms with Crippen LogP contribution in [0.4, 0.5) is 14.7 Å². The number of ether oxygens (including phenoxy) is 1. The van der Waals surface area contributed by atoms with Crippen LogP contribution >= 0.6 is 0 Å². The first kappa shape index (κ1) is 15.6. The van der Waals surface area contributed by atoms with Gasteiger partial charge in [-0.2, -0.15) is 0 Å². The Morgan fingerprint density at radius 3 is 2.84 bits per heavy atom. The third kappa shape index (κ3) is 2.43. The Bertz CT molecular complexity index is 1000. The van der Waals surface area contributed by atoms with Crippen molar-refractivity contribution in [1.82, 2.24) is 19.3 Å². The largest absolute Gasteiger partial charge is 0.494 e. The lowest BCUT2D eigenvalue weighted by atomic mass is 10.2. The van der Waals surface area contributed by atoms with Crippen molar-refractivity contribution in [3.8, 4) is 5.75 Å². The molecule has 0 bridgehead atoms. The maximum absolute atomic E-state index is 13.4. The van der Waals surface area contributed by atoms with Gasteiger partial charge >= 0.3 is 0 Å². The lowest BCUT2D eigenvalue weighted by Crippen LogP contribution is -2.31. The molecule has 7 nitrogen and oxygen atoms in total. The smallest absolute Gasteiger partial charge is 0.274 e. The molecule has 2 aromatic heterocycles. The molecule has 0 radical (unpaired) electrons. The number of fused-ring (bicyclic) bond motifs is 3. The van der Waals surface area contributed by atoms with Gasteiger partial charge in [0.2, 0.25) is 5.95 Å². The lowest BCUT2D eigenvalue weighted by Gasteiger charge is -2.14. The Hall–Kier alpha value is -2.97. The maximum atomic E-state index is 13.4. The first-order valence-electron chi connectivity index (χ1n) is 7.68. The molecule has 4 rings (SSSR count). The number of halogens is 2. The molecule has 2 N–H and O–H groups in total. The second kappa shape index (κ2) is 5.27. The quantitative estimate of drug-likeness (QED) is 0.766. The number of imidazole rings is 1. The molecule has 25 heavy (non-hydrogen) atoms. The van der Waals surface area contributed by atoms with E-state index in [0.29, 0.717) is 22.3 Å². The summed E-state index contributed by atoms with van der Waals surface area (Å²) in [7, 11) is 1.52. The molecule has 0 unspecified atom stereocenters. The van der Waals surface area contributed by atoms with Gasteiger partial charge in [-0.25, -0.2) is 18.7 Å². The highest BCUT2D eigenvalue weighted by molar-refractivity contribution is 5.99. The fraction of sp³-hybridized carbons (Fsp3) is 0.312. The van der Waals surface area contributed by atoms with E-state index in [4.69, 9.17) is 10.5 Å². The van der Waals surface area contributed by atoms with Crippen LogP contribution in [0.25, 0.3) is 16.6 Å². The molecule has 1 aliphatic heterocycles. The Kier molecular flexibility index (Phi) is 3.28. The van der Waals surface area contributed by atoms with Crippen molar-refractivity contribution in [3.05, 3.63) is 30.1 Å². The third-order valence-electron chi connectivity index (χ3n) is 4.31. The summed E-state index contributed by atoms with van der Waals surface area (Å²) in [5.41, 5.74) is 6.97. The van der Waals surface area contributed by atoms with Gasteiger partial charge in [-0.3, -0.25) is 9.20 Å². The SMILES string of the molecule is COc1cccc2c1nc(N)n1cc(C(=O)N3CCC(F)(F)C3)nc21. The first-order valence-corrected chi connectivity index (χ1v) is 7.68. The monoisotopic (exact) mass is 347 g/mol. The van der Waals surface area contributed by atoms with Crippen LogP contribution in [-0.4, -0.2) is 51.3 Å². The Labute approximate surface area is 141 Å². The van der Waals surface area contributed by atoms with E-state index in [1.54, 1.807) is 18.2 Å². The highest BCUT2D eigenvalue weighted by Gasteiger charge is 2.41. The van der Waals surface area contributed by atoms with Crippen LogP contribution in [0.2, 0.25) is 0 Å². The number of nitrogens with zero attached hydrogens (tertiary/aromatic N) is 4. The molecule has 1 fully saturated rings. The number of rotatable bonds is 2. The number of methoxy groups -OCH3 is 1. The van der Waals surface area contributed by atoms with E-state index in [9.17, 15) is 13.6 Å². The molecule has 0 spiro atoms. The predicted molar refractivity (Wildman–Crippen MR) is 86.9 cm³/mol. The summed E-state index contributed by atoms with van der Waals surface area (Å²) in [6.45, 7) is -0.593. The number of carbonyl (C=O) groups excluding carboxylic acids is 1. The number of aromatic nitrogens is 3. The van der Waals surface area contributed by atoms with Gasteiger partial charge in [0.05, 0.1) is 13.7 Å². The predicted octanol–water partition coefficient (Wildman–Crippen LogP) is 1.95. The average molecular weight is 347 g/mol. The fourth-order valence-corrected chi connectivity index (χ4v) is 3.07. The number of likely N-dealkylation sites (tertiary alicyclic amines) is 1. The van der Waals surface area contributed by atoms with Crippen LogP contribution in [0.15, 0.2) is 24.4 Å². The zero-order valence-corrected chi connectivity index (χ0v) is 13.4. The highest BCUT2D eigenvalue weighted by Crippen LogP contribution is 2.30. The van der Waals surface area contributed by atoms with Crippen LogP contribution in [-0.2, 0) is 0 Å². The number of anilines is 1. The molecule has 1 saturated heterocycles. The van der Waals surface area contributed by atoms with Crippen LogP contribution in [0, 0.1) is 0 Å². The number of benzene rings is 1. The molecular formula is C16H15F2N5O2. The standard InChI is InChI=1S/C16H15F2N5O2/c1-25-11-4-2-3-9-12(11)21-15(19)23-7-10(20-13(9)23)14(24)22-6-5-16(17,18)8-22/h2-4,7H,5-6,8H2,1H3,(H2,19,21). The number of para-hydroxylation sites is 1. The van der Waals surface area contributed by atoms with E-state index >= 15 is 0 Å². The molecule has 3 heterocycles. The van der Waals surface area contributed by atoms with Gasteiger partial charge in [-0.15, -0.1) is 0 Å². The molecule has 1 amide bonds. The summed E-state index contributed by atoms with van der Waals surface area (Å²) >= 11 is 0. The zero-order valence-electron chi connectivity index (χ0n) is 13.4. The number of alkyl halides is 2. The molecule has 1 aromatic carbocycles. The molecule has 0 atom stereocenters. The van der Waals surface area contributed by atoms with E-state index in [0.717, 1.165) is 4.90 Å². The zero-order chi connectivity index (χ0) is 17.8. The number of hydrogen-bond donors (Lipinski definition) is 1. The van der Waals surface area contributed by atoms with Gasteiger partial charge in [0.25, 0.3) is 11.8 Å². The minimum atomic E-state index is -2.85. The van der Waals surface area contributed by atoms with Crippen LogP contribution in [0.1, 0.15) is 16.9 Å². The van der Waals surface area contributed by atoms with Crippen molar-refractivity contribution in [2.75, 3.05) is 25.9 Å². The number of amides is 1. The molecule has 1 aliphatic rings. The summed E-state index contributed by atoms with van der Waals surface area (Å²) in [4.78, 5) is 22.2. The summed E-state index contributed by atoms with van der Waals surface area (Å²) < 4.78 is 33.5. The summed E-state index contributed by atoms with van der Waals surface area (Å²) in [6, 6.07) is 5.30. The normalized spacial score (nSPS) is 16.7. The minimum absolute atomic E-state index is 0.00199. The average Bonchev–Trinajstić information content (AvgIpc) is 3.18. The summed E-state index contributed by atoms with van der Waals surface area (Å²) in [5.74, 6) is -2.74. The first-order chi connectivity index (χ1) is 11.9. The minimum Gasteiger partial charge on any atom is -0.494 e. The van der Waals surface area contributed by atoms with E-state index in [-0.39, 0.29) is 24.6 Å². The van der Waals surface area contributed by atoms with E-state index in [1.165, 1.54) is 17.7 Å².